The third kappa shape index (κ3) is 6.65. The standard InChI is InChI=1S/C17H20F4N4O2/c1-12-9-15(25(23-12)14-5-3-13(18)4-6-14)22-16(27)10-24(7-2-8-26)11-17(19,20)21/h3-6,9,26H,2,7-8,10-11H2,1H3,(H,22,27). The van der Waals surface area contributed by atoms with Gasteiger partial charge in [0, 0.05) is 19.2 Å². The van der Waals surface area contributed by atoms with Crippen LogP contribution in [0.5, 0.6) is 0 Å². The Labute approximate surface area is 153 Å². The van der Waals surface area contributed by atoms with Crippen molar-refractivity contribution >= 4 is 11.7 Å². The van der Waals surface area contributed by atoms with Crippen molar-refractivity contribution in [3.05, 3.63) is 41.8 Å². The van der Waals surface area contributed by atoms with Crippen molar-refractivity contribution < 1.29 is 27.5 Å². The number of benzene rings is 1. The lowest BCUT2D eigenvalue weighted by Crippen LogP contribution is -2.40. The fourth-order valence-corrected chi connectivity index (χ4v) is 2.51. The predicted octanol–water partition coefficient (Wildman–Crippen LogP) is 2.51. The number of hydrogen-bond donors (Lipinski definition) is 2. The first-order valence-electron chi connectivity index (χ1n) is 8.20. The quantitative estimate of drug-likeness (QED) is 0.682. The van der Waals surface area contributed by atoms with Crippen LogP contribution in [-0.2, 0) is 4.79 Å². The first kappa shape index (κ1) is 20.8. The molecule has 1 aromatic heterocycles. The lowest BCUT2D eigenvalue weighted by atomic mass is 10.3. The molecule has 1 aromatic carbocycles. The summed E-state index contributed by atoms with van der Waals surface area (Å²) in [6.45, 7) is -0.400. The van der Waals surface area contributed by atoms with Gasteiger partial charge in [0.15, 0.2) is 0 Å². The van der Waals surface area contributed by atoms with Gasteiger partial charge in [-0.3, -0.25) is 9.69 Å². The number of aliphatic hydroxyl groups excluding tert-OH is 1. The van der Waals surface area contributed by atoms with Gasteiger partial charge in [0.05, 0.1) is 24.5 Å². The highest BCUT2D eigenvalue weighted by Gasteiger charge is 2.31. The van der Waals surface area contributed by atoms with Crippen LogP contribution >= 0.6 is 0 Å². The Morgan fingerprint density at radius 2 is 1.96 bits per heavy atom. The van der Waals surface area contributed by atoms with Gasteiger partial charge in [-0.2, -0.15) is 18.3 Å². The summed E-state index contributed by atoms with van der Waals surface area (Å²) in [7, 11) is 0. The molecule has 2 N–H and O–H groups in total. The fraction of sp³-hybridized carbons (Fsp3) is 0.412. The van der Waals surface area contributed by atoms with Gasteiger partial charge in [0.25, 0.3) is 0 Å². The van der Waals surface area contributed by atoms with E-state index < -0.39 is 31.0 Å². The summed E-state index contributed by atoms with van der Waals surface area (Å²) in [6.07, 6.45) is -4.34. The highest BCUT2D eigenvalue weighted by atomic mass is 19.4. The second kappa shape index (κ2) is 8.96. The third-order valence-corrected chi connectivity index (χ3v) is 3.57. The zero-order chi connectivity index (χ0) is 20.0. The van der Waals surface area contributed by atoms with Gasteiger partial charge in [0.2, 0.25) is 5.91 Å². The van der Waals surface area contributed by atoms with E-state index in [1.807, 2.05) is 0 Å². The zero-order valence-corrected chi connectivity index (χ0v) is 14.6. The molecule has 0 fully saturated rings. The molecule has 0 atom stereocenters. The molecular formula is C17H20F4N4O2. The van der Waals surface area contributed by atoms with Crippen LogP contribution in [0.1, 0.15) is 12.1 Å². The molecule has 0 saturated carbocycles. The number of hydrogen-bond acceptors (Lipinski definition) is 4. The van der Waals surface area contributed by atoms with E-state index >= 15 is 0 Å². The number of nitrogens with one attached hydrogen (secondary N) is 1. The summed E-state index contributed by atoms with van der Waals surface area (Å²) in [5.74, 6) is -0.821. The molecule has 148 valence electrons. The van der Waals surface area contributed by atoms with Crippen LogP contribution in [0.3, 0.4) is 0 Å². The summed E-state index contributed by atoms with van der Waals surface area (Å²) in [4.78, 5) is 13.1. The molecule has 0 aliphatic carbocycles. The van der Waals surface area contributed by atoms with Crippen LogP contribution in [0.2, 0.25) is 0 Å². The number of rotatable bonds is 8. The van der Waals surface area contributed by atoms with Gasteiger partial charge in [-0.05, 0) is 37.6 Å². The molecule has 0 spiro atoms. The van der Waals surface area contributed by atoms with Crippen LogP contribution < -0.4 is 5.32 Å². The second-order valence-electron chi connectivity index (χ2n) is 6.01. The van der Waals surface area contributed by atoms with Crippen molar-refractivity contribution in [2.24, 2.45) is 0 Å². The van der Waals surface area contributed by atoms with E-state index in [0.29, 0.717) is 11.4 Å². The first-order valence-corrected chi connectivity index (χ1v) is 8.20. The molecule has 1 amide bonds. The lowest BCUT2D eigenvalue weighted by Gasteiger charge is -2.22. The SMILES string of the molecule is Cc1cc(NC(=O)CN(CCCO)CC(F)(F)F)n(-c2ccc(F)cc2)n1. The van der Waals surface area contributed by atoms with Crippen LogP contribution in [0, 0.1) is 12.7 Å². The number of nitrogens with zero attached hydrogens (tertiary/aromatic N) is 3. The molecule has 0 radical (unpaired) electrons. The summed E-state index contributed by atoms with van der Waals surface area (Å²) < 4.78 is 52.4. The average molecular weight is 388 g/mol. The highest BCUT2D eigenvalue weighted by Crippen LogP contribution is 2.19. The van der Waals surface area contributed by atoms with E-state index in [-0.39, 0.29) is 25.4 Å². The maximum atomic E-state index is 13.1. The lowest BCUT2D eigenvalue weighted by molar-refractivity contribution is -0.148. The van der Waals surface area contributed by atoms with Gasteiger partial charge in [0.1, 0.15) is 11.6 Å². The molecular weight excluding hydrogens is 368 g/mol. The molecule has 0 bridgehead atoms. The fourth-order valence-electron chi connectivity index (χ4n) is 2.51. The molecule has 6 nitrogen and oxygen atoms in total. The Morgan fingerprint density at radius 1 is 1.30 bits per heavy atom. The molecule has 2 aromatic rings. The predicted molar refractivity (Wildman–Crippen MR) is 91.1 cm³/mol. The van der Waals surface area contributed by atoms with E-state index in [0.717, 1.165) is 4.90 Å². The van der Waals surface area contributed by atoms with E-state index in [2.05, 4.69) is 10.4 Å². The van der Waals surface area contributed by atoms with Gasteiger partial charge >= 0.3 is 6.18 Å². The van der Waals surface area contributed by atoms with Crippen molar-refractivity contribution in [3.63, 3.8) is 0 Å². The largest absolute Gasteiger partial charge is 0.401 e. The third-order valence-electron chi connectivity index (χ3n) is 3.57. The van der Waals surface area contributed by atoms with Crippen LogP contribution in [-0.4, -0.2) is 58.1 Å². The molecule has 0 saturated heterocycles. The highest BCUT2D eigenvalue weighted by molar-refractivity contribution is 5.91. The van der Waals surface area contributed by atoms with Crippen molar-refractivity contribution in [2.75, 3.05) is 31.6 Å². The summed E-state index contributed by atoms with van der Waals surface area (Å²) in [6, 6.07) is 6.96. The Morgan fingerprint density at radius 3 is 2.56 bits per heavy atom. The summed E-state index contributed by atoms with van der Waals surface area (Å²) >= 11 is 0. The van der Waals surface area contributed by atoms with Crippen molar-refractivity contribution in [1.82, 2.24) is 14.7 Å². The molecule has 10 heteroatoms. The smallest absolute Gasteiger partial charge is 0.396 e. The molecule has 0 aliphatic rings. The summed E-state index contributed by atoms with van der Waals surface area (Å²) in [5, 5.41) is 15.6. The number of aryl methyl sites for hydroxylation is 1. The normalized spacial score (nSPS) is 11.8. The number of halogens is 4. The van der Waals surface area contributed by atoms with E-state index in [1.165, 1.54) is 28.9 Å². The van der Waals surface area contributed by atoms with E-state index in [1.54, 1.807) is 13.0 Å². The summed E-state index contributed by atoms with van der Waals surface area (Å²) in [5.41, 5.74) is 1.06. The number of carbonyl (C=O) groups is 1. The number of anilines is 1. The van der Waals surface area contributed by atoms with E-state index in [4.69, 9.17) is 5.11 Å². The number of aromatic nitrogens is 2. The van der Waals surface area contributed by atoms with Crippen molar-refractivity contribution in [3.8, 4) is 5.69 Å². The maximum Gasteiger partial charge on any atom is 0.401 e. The minimum atomic E-state index is -4.46. The number of aliphatic hydroxyl groups is 1. The Bertz CT molecular complexity index is 759. The van der Waals surface area contributed by atoms with Crippen molar-refractivity contribution in [1.29, 1.82) is 0 Å². The number of carbonyl (C=O) groups excluding carboxylic acids is 1. The molecule has 1 heterocycles. The first-order chi connectivity index (χ1) is 12.7. The monoisotopic (exact) mass is 388 g/mol. The van der Waals surface area contributed by atoms with Crippen LogP contribution in [0.25, 0.3) is 5.69 Å². The zero-order valence-electron chi connectivity index (χ0n) is 14.6. The number of alkyl halides is 3. The minimum absolute atomic E-state index is 0.0698. The minimum Gasteiger partial charge on any atom is -0.396 e. The maximum absolute atomic E-state index is 13.1. The Kier molecular flexibility index (Phi) is 6.92. The van der Waals surface area contributed by atoms with Gasteiger partial charge in [-0.15, -0.1) is 0 Å². The molecule has 0 aliphatic heterocycles. The van der Waals surface area contributed by atoms with Gasteiger partial charge < -0.3 is 10.4 Å². The van der Waals surface area contributed by atoms with Gasteiger partial charge in [-0.25, -0.2) is 9.07 Å². The molecule has 0 unspecified atom stereocenters. The van der Waals surface area contributed by atoms with Gasteiger partial charge in [-0.1, -0.05) is 0 Å². The Hall–Kier alpha value is -2.46. The van der Waals surface area contributed by atoms with Crippen LogP contribution in [0.15, 0.2) is 30.3 Å². The molecule has 27 heavy (non-hydrogen) atoms. The van der Waals surface area contributed by atoms with Crippen molar-refractivity contribution in [2.45, 2.75) is 19.5 Å². The van der Waals surface area contributed by atoms with Crippen LogP contribution in [0.4, 0.5) is 23.4 Å². The Balaban J connectivity index is 2.11. The average Bonchev–Trinajstić information content (AvgIpc) is 2.92. The van der Waals surface area contributed by atoms with E-state index in [9.17, 15) is 22.4 Å². The molecule has 2 rings (SSSR count). The topological polar surface area (TPSA) is 70.4 Å². The number of amides is 1. The second-order valence-corrected chi connectivity index (χ2v) is 6.01.